The molecule has 106 valence electrons. The van der Waals surface area contributed by atoms with Crippen molar-refractivity contribution in [3.8, 4) is 0 Å². The van der Waals surface area contributed by atoms with Crippen molar-refractivity contribution < 1.29 is 8.42 Å². The van der Waals surface area contributed by atoms with Crippen LogP contribution < -0.4 is 0 Å². The van der Waals surface area contributed by atoms with Gasteiger partial charge < -0.3 is 0 Å². The van der Waals surface area contributed by atoms with Gasteiger partial charge in [-0.3, -0.25) is 0 Å². The quantitative estimate of drug-likeness (QED) is 0.832. The standard InChI is InChI=1S/C13H17Cl2NO2S/c1-9-4-3-5-16(8-9)19(17,18)13-6-10(2)11(14)7-12(13)15/h6-7,9H,3-5,8H2,1-2H3/t9-/m0/s1. The first kappa shape index (κ1) is 15.1. The summed E-state index contributed by atoms with van der Waals surface area (Å²) in [5, 5.41) is 0.671. The Bertz CT molecular complexity index is 587. The summed E-state index contributed by atoms with van der Waals surface area (Å²) in [4.78, 5) is 0.158. The lowest BCUT2D eigenvalue weighted by Crippen LogP contribution is -2.39. The van der Waals surface area contributed by atoms with Crippen molar-refractivity contribution in [1.82, 2.24) is 4.31 Å². The largest absolute Gasteiger partial charge is 0.244 e. The smallest absolute Gasteiger partial charge is 0.207 e. The van der Waals surface area contributed by atoms with Crippen LogP contribution in [0.25, 0.3) is 0 Å². The highest BCUT2D eigenvalue weighted by Crippen LogP contribution is 2.31. The van der Waals surface area contributed by atoms with Crippen LogP contribution in [0.15, 0.2) is 17.0 Å². The van der Waals surface area contributed by atoms with E-state index in [1.807, 2.05) is 0 Å². The highest BCUT2D eigenvalue weighted by molar-refractivity contribution is 7.89. The zero-order chi connectivity index (χ0) is 14.2. The Labute approximate surface area is 124 Å². The van der Waals surface area contributed by atoms with E-state index in [1.54, 1.807) is 13.0 Å². The monoisotopic (exact) mass is 321 g/mol. The van der Waals surface area contributed by atoms with Crippen molar-refractivity contribution in [3.63, 3.8) is 0 Å². The van der Waals surface area contributed by atoms with Gasteiger partial charge >= 0.3 is 0 Å². The Balaban J connectivity index is 2.42. The summed E-state index contributed by atoms with van der Waals surface area (Å²) in [5.41, 5.74) is 0.717. The topological polar surface area (TPSA) is 37.4 Å². The molecule has 0 radical (unpaired) electrons. The summed E-state index contributed by atoms with van der Waals surface area (Å²) in [5.74, 6) is 0.385. The van der Waals surface area contributed by atoms with Crippen LogP contribution in [-0.4, -0.2) is 25.8 Å². The van der Waals surface area contributed by atoms with Crippen LogP contribution in [0.2, 0.25) is 10.0 Å². The number of piperidine rings is 1. The lowest BCUT2D eigenvalue weighted by Gasteiger charge is -2.30. The van der Waals surface area contributed by atoms with Gasteiger partial charge in [0.2, 0.25) is 10.0 Å². The Morgan fingerprint density at radius 2 is 1.95 bits per heavy atom. The number of sulfonamides is 1. The third-order valence-corrected chi connectivity index (χ3v) is 6.19. The van der Waals surface area contributed by atoms with Crippen molar-refractivity contribution in [2.45, 2.75) is 31.6 Å². The van der Waals surface area contributed by atoms with Gasteiger partial charge in [-0.1, -0.05) is 30.1 Å². The minimum Gasteiger partial charge on any atom is -0.207 e. The van der Waals surface area contributed by atoms with E-state index in [9.17, 15) is 8.42 Å². The minimum atomic E-state index is -3.52. The second kappa shape index (κ2) is 5.60. The number of benzene rings is 1. The molecule has 0 spiro atoms. The lowest BCUT2D eigenvalue weighted by molar-refractivity contribution is 0.281. The summed E-state index contributed by atoms with van der Waals surface area (Å²) in [6.45, 7) is 4.96. The highest BCUT2D eigenvalue weighted by Gasteiger charge is 2.30. The molecule has 1 aromatic rings. The van der Waals surface area contributed by atoms with Crippen LogP contribution in [-0.2, 0) is 10.0 Å². The van der Waals surface area contributed by atoms with Gasteiger partial charge in [-0.2, -0.15) is 4.31 Å². The van der Waals surface area contributed by atoms with E-state index < -0.39 is 10.0 Å². The predicted octanol–water partition coefficient (Wildman–Crippen LogP) is 3.72. The molecule has 1 aliphatic heterocycles. The van der Waals surface area contributed by atoms with Gasteiger partial charge in [0.15, 0.2) is 0 Å². The van der Waals surface area contributed by atoms with Crippen LogP contribution in [0.1, 0.15) is 25.3 Å². The van der Waals surface area contributed by atoms with Crippen molar-refractivity contribution in [2.75, 3.05) is 13.1 Å². The van der Waals surface area contributed by atoms with Crippen LogP contribution in [0.4, 0.5) is 0 Å². The van der Waals surface area contributed by atoms with Crippen LogP contribution in [0.5, 0.6) is 0 Å². The number of aryl methyl sites for hydroxylation is 1. The molecule has 1 fully saturated rings. The number of hydrogen-bond acceptors (Lipinski definition) is 2. The SMILES string of the molecule is Cc1cc(S(=O)(=O)N2CCC[C@H](C)C2)c(Cl)cc1Cl. The van der Waals surface area contributed by atoms with Crippen molar-refractivity contribution >= 4 is 33.2 Å². The fourth-order valence-corrected chi connectivity index (χ4v) is 4.74. The maximum atomic E-state index is 12.6. The van der Waals surface area contributed by atoms with Gasteiger partial charge in [0, 0.05) is 18.1 Å². The lowest BCUT2D eigenvalue weighted by atomic mass is 10.0. The molecule has 6 heteroatoms. The van der Waals surface area contributed by atoms with Crippen LogP contribution in [0.3, 0.4) is 0 Å². The normalized spacial score (nSPS) is 21.6. The average Bonchev–Trinajstić information content (AvgIpc) is 2.33. The summed E-state index contributed by atoms with van der Waals surface area (Å²) < 4.78 is 26.8. The first-order valence-electron chi connectivity index (χ1n) is 6.28. The Morgan fingerprint density at radius 1 is 1.26 bits per heavy atom. The fraction of sp³-hybridized carbons (Fsp3) is 0.538. The minimum absolute atomic E-state index is 0.158. The van der Waals surface area contributed by atoms with E-state index in [1.165, 1.54) is 10.4 Å². The predicted molar refractivity (Wildman–Crippen MR) is 78.4 cm³/mol. The molecule has 1 aromatic carbocycles. The molecule has 1 aliphatic rings. The molecule has 0 unspecified atom stereocenters. The number of rotatable bonds is 2. The third kappa shape index (κ3) is 3.07. The second-order valence-corrected chi connectivity index (χ2v) is 7.86. The molecule has 0 amide bonds. The number of nitrogens with zero attached hydrogens (tertiary/aromatic N) is 1. The fourth-order valence-electron chi connectivity index (χ4n) is 2.33. The summed E-state index contributed by atoms with van der Waals surface area (Å²) in [6, 6.07) is 3.05. The molecule has 3 nitrogen and oxygen atoms in total. The van der Waals surface area contributed by atoms with E-state index in [-0.39, 0.29) is 9.92 Å². The highest BCUT2D eigenvalue weighted by atomic mass is 35.5. The number of halogens is 2. The second-order valence-electron chi connectivity index (χ2n) is 5.14. The van der Waals surface area contributed by atoms with Crippen molar-refractivity contribution in [2.24, 2.45) is 5.92 Å². The van der Waals surface area contributed by atoms with Gasteiger partial charge in [-0.05, 0) is 43.4 Å². The van der Waals surface area contributed by atoms with E-state index in [0.717, 1.165) is 18.4 Å². The zero-order valence-corrected chi connectivity index (χ0v) is 13.3. The molecule has 0 aliphatic carbocycles. The van der Waals surface area contributed by atoms with E-state index >= 15 is 0 Å². The molecule has 0 aromatic heterocycles. The third-order valence-electron chi connectivity index (χ3n) is 3.45. The van der Waals surface area contributed by atoms with Gasteiger partial charge in [-0.15, -0.1) is 0 Å². The summed E-state index contributed by atoms with van der Waals surface area (Å²) >= 11 is 12.0. The molecule has 1 atom stereocenters. The first-order chi connectivity index (χ1) is 8.82. The molecular formula is C13H17Cl2NO2S. The first-order valence-corrected chi connectivity index (χ1v) is 8.47. The van der Waals surface area contributed by atoms with Gasteiger partial charge in [-0.25, -0.2) is 8.42 Å². The summed E-state index contributed by atoms with van der Waals surface area (Å²) in [7, 11) is -3.52. The zero-order valence-electron chi connectivity index (χ0n) is 11.0. The maximum Gasteiger partial charge on any atom is 0.244 e. The van der Waals surface area contributed by atoms with Gasteiger partial charge in [0.25, 0.3) is 0 Å². The van der Waals surface area contributed by atoms with E-state index in [4.69, 9.17) is 23.2 Å². The molecular weight excluding hydrogens is 305 g/mol. The average molecular weight is 322 g/mol. The Morgan fingerprint density at radius 3 is 2.58 bits per heavy atom. The van der Waals surface area contributed by atoms with Crippen molar-refractivity contribution in [1.29, 1.82) is 0 Å². The summed E-state index contributed by atoms with van der Waals surface area (Å²) in [6.07, 6.45) is 1.96. The van der Waals surface area contributed by atoms with Gasteiger partial charge in [0.05, 0.1) is 5.02 Å². The van der Waals surface area contributed by atoms with E-state index in [2.05, 4.69) is 6.92 Å². The Hall–Kier alpha value is -0.290. The molecule has 0 N–H and O–H groups in total. The Kier molecular flexibility index (Phi) is 4.45. The van der Waals surface area contributed by atoms with Crippen molar-refractivity contribution in [3.05, 3.63) is 27.7 Å². The van der Waals surface area contributed by atoms with E-state index in [0.29, 0.717) is 24.0 Å². The molecule has 0 saturated carbocycles. The molecule has 2 rings (SSSR count). The number of hydrogen-bond donors (Lipinski definition) is 0. The van der Waals surface area contributed by atoms with Gasteiger partial charge in [0.1, 0.15) is 4.90 Å². The molecule has 1 heterocycles. The molecule has 19 heavy (non-hydrogen) atoms. The molecule has 1 saturated heterocycles. The van der Waals surface area contributed by atoms with Crippen LogP contribution >= 0.6 is 23.2 Å². The maximum absolute atomic E-state index is 12.6. The van der Waals surface area contributed by atoms with Crippen LogP contribution in [0, 0.1) is 12.8 Å². The molecule has 0 bridgehead atoms.